The van der Waals surface area contributed by atoms with Gasteiger partial charge in [-0.25, -0.2) is 0 Å². The minimum Gasteiger partial charge on any atom is -0.377 e. The first-order valence-corrected chi connectivity index (χ1v) is 8.44. The highest BCUT2D eigenvalue weighted by Crippen LogP contribution is 2.33. The molecule has 3 aliphatic heterocycles. The van der Waals surface area contributed by atoms with Crippen LogP contribution in [0.25, 0.3) is 0 Å². The third-order valence-corrected chi connectivity index (χ3v) is 5.44. The fourth-order valence-electron chi connectivity index (χ4n) is 4.33. The molecule has 0 saturated carbocycles. The third kappa shape index (κ3) is 2.73. The lowest BCUT2D eigenvalue weighted by atomic mass is 9.88. The van der Waals surface area contributed by atoms with E-state index in [9.17, 15) is 4.79 Å². The average molecular weight is 280 g/mol. The number of rotatable bonds is 3. The van der Waals surface area contributed by atoms with Crippen LogP contribution in [-0.4, -0.2) is 49.2 Å². The second-order valence-corrected chi connectivity index (χ2v) is 6.54. The number of piperidine rings is 1. The Morgan fingerprint density at radius 1 is 1.25 bits per heavy atom. The van der Waals surface area contributed by atoms with Gasteiger partial charge in [0.25, 0.3) is 0 Å². The SMILES string of the molecule is CCC1OCCC1C(=O)N1CCCC1C1CCNCC1. The molecule has 20 heavy (non-hydrogen) atoms. The highest BCUT2D eigenvalue weighted by Gasteiger charge is 2.41. The average Bonchev–Trinajstić information content (AvgIpc) is 3.16. The summed E-state index contributed by atoms with van der Waals surface area (Å²) in [6, 6.07) is 0.503. The lowest BCUT2D eigenvalue weighted by Gasteiger charge is -2.36. The Morgan fingerprint density at radius 2 is 2.05 bits per heavy atom. The summed E-state index contributed by atoms with van der Waals surface area (Å²) < 4.78 is 5.72. The van der Waals surface area contributed by atoms with Crippen LogP contribution in [-0.2, 0) is 9.53 Å². The van der Waals surface area contributed by atoms with Gasteiger partial charge in [0, 0.05) is 19.2 Å². The van der Waals surface area contributed by atoms with E-state index in [4.69, 9.17) is 4.74 Å². The third-order valence-electron chi connectivity index (χ3n) is 5.44. The molecule has 114 valence electrons. The summed E-state index contributed by atoms with van der Waals surface area (Å²) in [6.07, 6.45) is 6.90. The molecule has 3 rings (SSSR count). The molecule has 3 heterocycles. The largest absolute Gasteiger partial charge is 0.377 e. The fourth-order valence-corrected chi connectivity index (χ4v) is 4.33. The molecule has 4 heteroatoms. The highest BCUT2D eigenvalue weighted by molar-refractivity contribution is 5.80. The van der Waals surface area contributed by atoms with Crippen LogP contribution in [0.3, 0.4) is 0 Å². The van der Waals surface area contributed by atoms with Gasteiger partial charge < -0.3 is 15.0 Å². The zero-order valence-corrected chi connectivity index (χ0v) is 12.6. The molecule has 3 fully saturated rings. The topological polar surface area (TPSA) is 41.6 Å². The molecule has 0 bridgehead atoms. The monoisotopic (exact) mass is 280 g/mol. The molecule has 0 aromatic rings. The van der Waals surface area contributed by atoms with Gasteiger partial charge in [0.1, 0.15) is 0 Å². The molecule has 0 aliphatic carbocycles. The number of carbonyl (C=O) groups excluding carboxylic acids is 1. The zero-order valence-electron chi connectivity index (χ0n) is 12.6. The molecule has 3 atom stereocenters. The molecule has 0 spiro atoms. The van der Waals surface area contributed by atoms with Crippen LogP contribution in [0, 0.1) is 11.8 Å². The molecule has 1 amide bonds. The molecule has 4 nitrogen and oxygen atoms in total. The van der Waals surface area contributed by atoms with Gasteiger partial charge in [0.2, 0.25) is 5.91 Å². The Balaban J connectivity index is 1.66. The number of hydrogen-bond acceptors (Lipinski definition) is 3. The Labute approximate surface area is 122 Å². The van der Waals surface area contributed by atoms with E-state index in [1.54, 1.807) is 0 Å². The van der Waals surface area contributed by atoms with Gasteiger partial charge in [-0.1, -0.05) is 6.92 Å². The molecule has 0 radical (unpaired) electrons. The van der Waals surface area contributed by atoms with E-state index in [2.05, 4.69) is 17.1 Å². The van der Waals surface area contributed by atoms with E-state index in [0.29, 0.717) is 17.9 Å². The fraction of sp³-hybridized carbons (Fsp3) is 0.938. The van der Waals surface area contributed by atoms with Gasteiger partial charge in [-0.2, -0.15) is 0 Å². The Bertz CT molecular complexity index is 341. The first-order chi connectivity index (χ1) is 9.81. The van der Waals surface area contributed by atoms with Crippen LogP contribution < -0.4 is 5.32 Å². The van der Waals surface area contributed by atoms with E-state index >= 15 is 0 Å². The number of likely N-dealkylation sites (tertiary alicyclic amines) is 1. The normalized spacial score (nSPS) is 35.6. The van der Waals surface area contributed by atoms with E-state index in [0.717, 1.165) is 39.1 Å². The van der Waals surface area contributed by atoms with Gasteiger partial charge in [-0.15, -0.1) is 0 Å². The maximum Gasteiger partial charge on any atom is 0.228 e. The number of nitrogens with one attached hydrogen (secondary N) is 1. The number of ether oxygens (including phenoxy) is 1. The predicted molar refractivity (Wildman–Crippen MR) is 78.5 cm³/mol. The number of nitrogens with zero attached hydrogens (tertiary/aromatic N) is 1. The van der Waals surface area contributed by atoms with Crippen molar-refractivity contribution in [2.45, 2.75) is 57.6 Å². The minimum atomic E-state index is 0.127. The number of hydrogen-bond donors (Lipinski definition) is 1. The van der Waals surface area contributed by atoms with Crippen molar-refractivity contribution in [1.82, 2.24) is 10.2 Å². The summed E-state index contributed by atoms with van der Waals surface area (Å²) in [5.41, 5.74) is 0. The van der Waals surface area contributed by atoms with Gasteiger partial charge in [-0.05, 0) is 57.5 Å². The molecule has 3 unspecified atom stereocenters. The van der Waals surface area contributed by atoms with Crippen molar-refractivity contribution in [1.29, 1.82) is 0 Å². The van der Waals surface area contributed by atoms with Crippen molar-refractivity contribution in [3.05, 3.63) is 0 Å². The molecule has 3 aliphatic rings. The number of carbonyl (C=O) groups is 1. The quantitative estimate of drug-likeness (QED) is 0.857. The van der Waals surface area contributed by atoms with Gasteiger partial charge >= 0.3 is 0 Å². The lowest BCUT2D eigenvalue weighted by molar-refractivity contribution is -0.139. The van der Waals surface area contributed by atoms with Crippen LogP contribution in [0.1, 0.15) is 45.4 Å². The van der Waals surface area contributed by atoms with Gasteiger partial charge in [0.05, 0.1) is 12.0 Å². The Hall–Kier alpha value is -0.610. The molecule has 1 N–H and O–H groups in total. The second-order valence-electron chi connectivity index (χ2n) is 6.54. The van der Waals surface area contributed by atoms with E-state index in [-0.39, 0.29) is 12.0 Å². The van der Waals surface area contributed by atoms with E-state index < -0.39 is 0 Å². The standard InChI is InChI=1S/C16H28N2O2/c1-2-15-13(7-11-20-15)16(19)18-10-3-4-14(18)12-5-8-17-9-6-12/h12-15,17H,2-11H2,1H3. The Kier molecular flexibility index (Phi) is 4.61. The van der Waals surface area contributed by atoms with Crippen LogP contribution in [0.4, 0.5) is 0 Å². The zero-order chi connectivity index (χ0) is 13.9. The minimum absolute atomic E-state index is 0.127. The van der Waals surface area contributed by atoms with Crippen LogP contribution in [0.2, 0.25) is 0 Å². The maximum absolute atomic E-state index is 12.9. The summed E-state index contributed by atoms with van der Waals surface area (Å²) in [6.45, 7) is 6.10. The lowest BCUT2D eigenvalue weighted by Crippen LogP contribution is -2.47. The van der Waals surface area contributed by atoms with Crippen molar-refractivity contribution in [3.63, 3.8) is 0 Å². The van der Waals surface area contributed by atoms with E-state index in [1.165, 1.54) is 25.7 Å². The number of amides is 1. The van der Waals surface area contributed by atoms with E-state index in [1.807, 2.05) is 0 Å². The summed E-state index contributed by atoms with van der Waals surface area (Å²) in [4.78, 5) is 15.1. The first-order valence-electron chi connectivity index (χ1n) is 8.44. The van der Waals surface area contributed by atoms with Crippen LogP contribution in [0.5, 0.6) is 0 Å². The van der Waals surface area contributed by atoms with Crippen molar-refractivity contribution in [2.75, 3.05) is 26.2 Å². The smallest absolute Gasteiger partial charge is 0.228 e. The first kappa shape index (κ1) is 14.3. The molecular weight excluding hydrogens is 252 g/mol. The summed E-state index contributed by atoms with van der Waals surface area (Å²) >= 11 is 0. The van der Waals surface area contributed by atoms with Crippen LogP contribution >= 0.6 is 0 Å². The van der Waals surface area contributed by atoms with Crippen LogP contribution in [0.15, 0.2) is 0 Å². The highest BCUT2D eigenvalue weighted by atomic mass is 16.5. The molecule has 0 aromatic heterocycles. The molecule has 3 saturated heterocycles. The predicted octanol–water partition coefficient (Wildman–Crippen LogP) is 1.79. The summed E-state index contributed by atoms with van der Waals surface area (Å²) in [5, 5.41) is 3.43. The summed E-state index contributed by atoms with van der Waals surface area (Å²) in [7, 11) is 0. The van der Waals surface area contributed by atoms with Crippen molar-refractivity contribution in [3.8, 4) is 0 Å². The van der Waals surface area contributed by atoms with Crippen molar-refractivity contribution >= 4 is 5.91 Å². The van der Waals surface area contributed by atoms with Gasteiger partial charge in [0.15, 0.2) is 0 Å². The molecule has 0 aromatic carbocycles. The van der Waals surface area contributed by atoms with Crippen molar-refractivity contribution in [2.24, 2.45) is 11.8 Å². The molecular formula is C16H28N2O2. The summed E-state index contributed by atoms with van der Waals surface area (Å²) in [5.74, 6) is 1.22. The Morgan fingerprint density at radius 3 is 2.80 bits per heavy atom. The second kappa shape index (κ2) is 6.44. The van der Waals surface area contributed by atoms with Crippen molar-refractivity contribution < 1.29 is 9.53 Å². The maximum atomic E-state index is 12.9. The van der Waals surface area contributed by atoms with Gasteiger partial charge in [-0.3, -0.25) is 4.79 Å².